The van der Waals surface area contributed by atoms with E-state index < -0.39 is 12.1 Å². The van der Waals surface area contributed by atoms with Gasteiger partial charge in [-0.05, 0) is 12.8 Å². The molecule has 0 aromatic rings. The van der Waals surface area contributed by atoms with E-state index in [0.717, 1.165) is 6.42 Å². The molecule has 2 heterocycles. The Morgan fingerprint density at radius 1 is 1.33 bits per heavy atom. The minimum atomic E-state index is -0.441. The van der Waals surface area contributed by atoms with E-state index in [9.17, 15) is 9.59 Å². The molecular weight excluding hydrogens is 162 g/mol. The van der Waals surface area contributed by atoms with Crippen molar-refractivity contribution in [1.82, 2.24) is 4.90 Å². The van der Waals surface area contributed by atoms with Crippen molar-refractivity contribution in [2.45, 2.75) is 18.9 Å². The van der Waals surface area contributed by atoms with E-state index >= 15 is 0 Å². The van der Waals surface area contributed by atoms with Crippen molar-refractivity contribution >= 4 is 12.1 Å². The number of carbonyl (C=O) groups is 2. The number of cyclic esters (lactones) is 2. The highest BCUT2D eigenvalue weighted by atomic mass is 16.7. The van der Waals surface area contributed by atoms with Gasteiger partial charge in [0.1, 0.15) is 6.04 Å². The maximum atomic E-state index is 11.1. The fourth-order valence-electron chi connectivity index (χ4n) is 1.55. The zero-order valence-corrected chi connectivity index (χ0v) is 6.49. The first-order valence-corrected chi connectivity index (χ1v) is 3.89. The Morgan fingerprint density at radius 3 is 3.00 bits per heavy atom. The summed E-state index contributed by atoms with van der Waals surface area (Å²) in [6.45, 7) is 0.350. The molecule has 0 N–H and O–H groups in total. The minimum Gasteiger partial charge on any atom is -0.426 e. The topological polar surface area (TPSA) is 55.8 Å². The van der Waals surface area contributed by atoms with Crippen LogP contribution in [0, 0.1) is 0 Å². The molecule has 0 bridgehead atoms. The van der Waals surface area contributed by atoms with Gasteiger partial charge in [-0.25, -0.2) is 9.59 Å². The molecule has 2 aliphatic rings. The highest BCUT2D eigenvalue weighted by Crippen LogP contribution is 2.21. The van der Waals surface area contributed by atoms with Gasteiger partial charge in [-0.1, -0.05) is 0 Å². The second kappa shape index (κ2) is 2.66. The fourth-order valence-corrected chi connectivity index (χ4v) is 1.55. The van der Waals surface area contributed by atoms with E-state index in [4.69, 9.17) is 0 Å². The van der Waals surface area contributed by atoms with Crippen LogP contribution in [0.25, 0.3) is 0 Å². The van der Waals surface area contributed by atoms with Crippen molar-refractivity contribution in [2.75, 3.05) is 13.3 Å². The molecule has 5 heteroatoms. The number of esters is 1. The van der Waals surface area contributed by atoms with Crippen LogP contribution in [-0.4, -0.2) is 36.3 Å². The molecule has 0 saturated carbocycles. The van der Waals surface area contributed by atoms with Gasteiger partial charge in [0.25, 0.3) is 0 Å². The predicted molar refractivity (Wildman–Crippen MR) is 37.2 cm³/mol. The normalized spacial score (nSPS) is 29.0. The highest BCUT2D eigenvalue weighted by molar-refractivity contribution is 5.83. The Bertz CT molecular complexity index is 205. The van der Waals surface area contributed by atoms with Gasteiger partial charge in [-0.2, -0.15) is 0 Å². The van der Waals surface area contributed by atoms with Crippen LogP contribution in [0.3, 0.4) is 0 Å². The lowest BCUT2D eigenvalue weighted by Crippen LogP contribution is -2.38. The second-order valence-electron chi connectivity index (χ2n) is 2.84. The lowest BCUT2D eigenvalue weighted by molar-refractivity contribution is -0.151. The summed E-state index contributed by atoms with van der Waals surface area (Å²) in [5.41, 5.74) is 0. The van der Waals surface area contributed by atoms with Crippen LogP contribution in [0.2, 0.25) is 0 Å². The maximum Gasteiger partial charge on any atom is 0.413 e. The first-order chi connectivity index (χ1) is 5.79. The van der Waals surface area contributed by atoms with Gasteiger partial charge in [0.05, 0.1) is 0 Å². The van der Waals surface area contributed by atoms with Crippen molar-refractivity contribution < 1.29 is 19.1 Å². The molecule has 2 rings (SSSR count). The van der Waals surface area contributed by atoms with Crippen LogP contribution in [-0.2, 0) is 14.3 Å². The Morgan fingerprint density at radius 2 is 2.17 bits per heavy atom. The first kappa shape index (κ1) is 7.39. The van der Waals surface area contributed by atoms with Crippen LogP contribution in [0.4, 0.5) is 4.79 Å². The second-order valence-corrected chi connectivity index (χ2v) is 2.84. The zero-order chi connectivity index (χ0) is 8.55. The molecule has 66 valence electrons. The monoisotopic (exact) mass is 171 g/mol. The molecule has 1 atom stereocenters. The number of ether oxygens (including phenoxy) is 2. The number of hydrogen-bond acceptors (Lipinski definition) is 4. The average Bonchev–Trinajstić information content (AvgIpc) is 2.47. The standard InChI is InChI=1S/C7H9NO4/c9-6-5-2-1-3-8(5)7(10)12-4-11-6/h5H,1-4H2. The van der Waals surface area contributed by atoms with Gasteiger partial charge < -0.3 is 9.47 Å². The summed E-state index contributed by atoms with van der Waals surface area (Å²) in [6, 6.07) is -0.403. The number of carbonyl (C=O) groups excluding carboxylic acids is 2. The van der Waals surface area contributed by atoms with Crippen LogP contribution in [0.1, 0.15) is 12.8 Å². The molecule has 0 radical (unpaired) electrons. The molecular formula is C7H9NO4. The van der Waals surface area contributed by atoms with E-state index in [-0.39, 0.29) is 12.8 Å². The minimum absolute atomic E-state index is 0.245. The summed E-state index contributed by atoms with van der Waals surface area (Å²) in [4.78, 5) is 23.7. The van der Waals surface area contributed by atoms with Crippen molar-refractivity contribution in [3.05, 3.63) is 0 Å². The average molecular weight is 171 g/mol. The maximum absolute atomic E-state index is 11.1. The van der Waals surface area contributed by atoms with E-state index in [1.807, 2.05) is 0 Å². The molecule has 2 aliphatic heterocycles. The van der Waals surface area contributed by atoms with E-state index in [2.05, 4.69) is 9.47 Å². The molecule has 5 nitrogen and oxygen atoms in total. The molecule has 1 unspecified atom stereocenters. The summed E-state index contributed by atoms with van der Waals surface area (Å²) in [5, 5.41) is 0. The van der Waals surface area contributed by atoms with Gasteiger partial charge >= 0.3 is 12.1 Å². The molecule has 2 fully saturated rings. The predicted octanol–water partition coefficient (Wildman–Crippen LogP) is 0.102. The van der Waals surface area contributed by atoms with Crippen LogP contribution >= 0.6 is 0 Å². The molecule has 0 spiro atoms. The van der Waals surface area contributed by atoms with Crippen LogP contribution < -0.4 is 0 Å². The first-order valence-electron chi connectivity index (χ1n) is 3.89. The quantitative estimate of drug-likeness (QED) is 0.485. The summed E-state index contributed by atoms with van der Waals surface area (Å²) in [5.74, 6) is -0.349. The third-order valence-corrected chi connectivity index (χ3v) is 2.14. The summed E-state index contributed by atoms with van der Waals surface area (Å²) in [6.07, 6.45) is 1.09. The molecule has 2 saturated heterocycles. The molecule has 1 amide bonds. The van der Waals surface area contributed by atoms with Crippen molar-refractivity contribution in [3.63, 3.8) is 0 Å². The number of rotatable bonds is 0. The summed E-state index contributed by atoms with van der Waals surface area (Å²) < 4.78 is 9.29. The van der Waals surface area contributed by atoms with Gasteiger partial charge in [0.15, 0.2) is 0 Å². The number of fused-ring (bicyclic) bond motifs is 1. The van der Waals surface area contributed by atoms with Gasteiger partial charge in [-0.15, -0.1) is 0 Å². The molecule has 0 aromatic heterocycles. The van der Waals surface area contributed by atoms with Gasteiger partial charge in [0.2, 0.25) is 6.79 Å². The van der Waals surface area contributed by atoms with Gasteiger partial charge in [-0.3, -0.25) is 4.90 Å². The summed E-state index contributed by atoms with van der Waals surface area (Å²) in [7, 11) is 0. The highest BCUT2D eigenvalue weighted by Gasteiger charge is 2.38. The largest absolute Gasteiger partial charge is 0.426 e. The SMILES string of the molecule is O=C1OCOC(=O)N2CCCC12. The molecule has 12 heavy (non-hydrogen) atoms. The van der Waals surface area contributed by atoms with E-state index in [1.165, 1.54) is 4.90 Å². The Hall–Kier alpha value is -1.26. The number of nitrogens with zero attached hydrogens (tertiary/aromatic N) is 1. The van der Waals surface area contributed by atoms with Gasteiger partial charge in [0, 0.05) is 6.54 Å². The number of amides is 1. The Balaban J connectivity index is 2.20. The van der Waals surface area contributed by atoms with E-state index in [0.29, 0.717) is 13.0 Å². The lowest BCUT2D eigenvalue weighted by atomic mass is 10.2. The fraction of sp³-hybridized carbons (Fsp3) is 0.714. The molecule has 0 aromatic carbocycles. The van der Waals surface area contributed by atoms with Crippen molar-refractivity contribution in [2.24, 2.45) is 0 Å². The van der Waals surface area contributed by atoms with Crippen LogP contribution in [0.15, 0.2) is 0 Å². The lowest BCUT2D eigenvalue weighted by Gasteiger charge is -2.16. The smallest absolute Gasteiger partial charge is 0.413 e. The molecule has 0 aliphatic carbocycles. The van der Waals surface area contributed by atoms with Crippen molar-refractivity contribution in [1.29, 1.82) is 0 Å². The summed E-state index contributed by atoms with van der Waals surface area (Å²) >= 11 is 0. The zero-order valence-electron chi connectivity index (χ0n) is 6.49. The van der Waals surface area contributed by atoms with Crippen LogP contribution in [0.5, 0.6) is 0 Å². The van der Waals surface area contributed by atoms with Crippen molar-refractivity contribution in [3.8, 4) is 0 Å². The third-order valence-electron chi connectivity index (χ3n) is 2.14. The third kappa shape index (κ3) is 1.01. The Labute approximate surface area is 69.2 Å². The van der Waals surface area contributed by atoms with E-state index in [1.54, 1.807) is 0 Å². The number of hydrogen-bond donors (Lipinski definition) is 0. The Kier molecular flexibility index (Phi) is 1.64.